The fraction of sp³-hybridized carbons (Fsp3) is 0.696. The summed E-state index contributed by atoms with van der Waals surface area (Å²) in [7, 11) is 5.80. The lowest BCUT2D eigenvalue weighted by Gasteiger charge is -2.31. The molecule has 7 nitrogen and oxygen atoms in total. The van der Waals surface area contributed by atoms with Gasteiger partial charge in [-0.15, -0.1) is 24.0 Å². The predicted octanol–water partition coefficient (Wildman–Crippen LogP) is 2.84. The minimum absolute atomic E-state index is 0. The molecule has 2 saturated heterocycles. The van der Waals surface area contributed by atoms with Crippen LogP contribution in [0.3, 0.4) is 0 Å². The average molecular weight is 546 g/mol. The summed E-state index contributed by atoms with van der Waals surface area (Å²) < 4.78 is 16.8. The molecule has 8 heteroatoms. The zero-order valence-corrected chi connectivity index (χ0v) is 21.5. The lowest BCUT2D eigenvalue weighted by molar-refractivity contribution is 0.0392. The van der Waals surface area contributed by atoms with Gasteiger partial charge in [0.05, 0.1) is 6.61 Å². The quantitative estimate of drug-likeness (QED) is 0.292. The second-order valence-corrected chi connectivity index (χ2v) is 8.28. The number of nitrogens with one attached hydrogen (secondary N) is 1. The SMILES string of the molecule is CN=C(NCc1cccc(OCCN(C)C2CCOCC2)c1)N1CCC(COC)C1.I. The van der Waals surface area contributed by atoms with E-state index in [1.54, 1.807) is 7.11 Å². The molecule has 2 heterocycles. The van der Waals surface area contributed by atoms with E-state index in [2.05, 4.69) is 45.4 Å². The Balaban J connectivity index is 0.00000341. The molecular formula is C23H39IN4O3. The molecule has 0 aliphatic carbocycles. The zero-order chi connectivity index (χ0) is 21.2. The van der Waals surface area contributed by atoms with Gasteiger partial charge in [-0.2, -0.15) is 0 Å². The lowest BCUT2D eigenvalue weighted by Crippen LogP contribution is -2.39. The number of guanidine groups is 1. The highest BCUT2D eigenvalue weighted by Crippen LogP contribution is 2.18. The number of likely N-dealkylation sites (tertiary alicyclic amines) is 1. The summed E-state index contributed by atoms with van der Waals surface area (Å²) in [6.07, 6.45) is 3.38. The highest BCUT2D eigenvalue weighted by Gasteiger charge is 2.24. The molecule has 0 bridgehead atoms. The normalized spacial score (nSPS) is 20.1. The third kappa shape index (κ3) is 8.40. The number of hydrogen-bond acceptors (Lipinski definition) is 5. The third-order valence-corrected chi connectivity index (χ3v) is 6.08. The van der Waals surface area contributed by atoms with E-state index >= 15 is 0 Å². The molecule has 0 saturated carbocycles. The first-order valence-electron chi connectivity index (χ1n) is 11.1. The second-order valence-electron chi connectivity index (χ2n) is 8.28. The van der Waals surface area contributed by atoms with E-state index in [9.17, 15) is 0 Å². The molecule has 1 unspecified atom stereocenters. The largest absolute Gasteiger partial charge is 0.492 e. The van der Waals surface area contributed by atoms with Gasteiger partial charge in [-0.3, -0.25) is 9.89 Å². The van der Waals surface area contributed by atoms with Crippen LogP contribution in [-0.4, -0.2) is 89.1 Å². The average Bonchev–Trinajstić information content (AvgIpc) is 3.24. The third-order valence-electron chi connectivity index (χ3n) is 6.08. The summed E-state index contributed by atoms with van der Waals surface area (Å²) in [6.45, 7) is 6.94. The van der Waals surface area contributed by atoms with E-state index in [0.717, 1.165) is 77.0 Å². The van der Waals surface area contributed by atoms with Gasteiger partial charge in [0.15, 0.2) is 5.96 Å². The Bertz CT molecular complexity index is 670. The van der Waals surface area contributed by atoms with Crippen LogP contribution in [0.5, 0.6) is 5.75 Å². The smallest absolute Gasteiger partial charge is 0.193 e. The van der Waals surface area contributed by atoms with Crippen molar-refractivity contribution in [3.8, 4) is 5.75 Å². The Morgan fingerprint density at radius 1 is 1.29 bits per heavy atom. The van der Waals surface area contributed by atoms with Crippen LogP contribution in [0.25, 0.3) is 0 Å². The topological polar surface area (TPSA) is 58.6 Å². The maximum atomic E-state index is 6.03. The van der Waals surface area contributed by atoms with Gasteiger partial charge in [0.1, 0.15) is 12.4 Å². The molecule has 3 rings (SSSR count). The summed E-state index contributed by atoms with van der Waals surface area (Å²) in [4.78, 5) is 9.17. The fourth-order valence-corrected chi connectivity index (χ4v) is 4.27. The number of aliphatic imine (C=N–C) groups is 1. The maximum Gasteiger partial charge on any atom is 0.193 e. The second kappa shape index (κ2) is 14.1. The van der Waals surface area contributed by atoms with Crippen molar-refractivity contribution in [3.63, 3.8) is 0 Å². The monoisotopic (exact) mass is 546 g/mol. The Morgan fingerprint density at radius 2 is 2.10 bits per heavy atom. The van der Waals surface area contributed by atoms with Gasteiger partial charge in [0.2, 0.25) is 0 Å². The Morgan fingerprint density at radius 3 is 2.84 bits per heavy atom. The number of likely N-dealkylation sites (N-methyl/N-ethyl adjacent to an activating group) is 1. The van der Waals surface area contributed by atoms with Crippen molar-refractivity contribution in [1.82, 2.24) is 15.1 Å². The van der Waals surface area contributed by atoms with Crippen LogP contribution in [0.4, 0.5) is 0 Å². The van der Waals surface area contributed by atoms with E-state index < -0.39 is 0 Å². The van der Waals surface area contributed by atoms with Gasteiger partial charge < -0.3 is 24.4 Å². The van der Waals surface area contributed by atoms with Crippen molar-refractivity contribution in [2.45, 2.75) is 31.8 Å². The number of halogens is 1. The van der Waals surface area contributed by atoms with Crippen molar-refractivity contribution in [2.75, 3.05) is 67.3 Å². The molecule has 2 aliphatic heterocycles. The van der Waals surface area contributed by atoms with Crippen LogP contribution in [-0.2, 0) is 16.0 Å². The van der Waals surface area contributed by atoms with Crippen molar-refractivity contribution in [2.24, 2.45) is 10.9 Å². The van der Waals surface area contributed by atoms with Gasteiger partial charge >= 0.3 is 0 Å². The molecule has 2 fully saturated rings. The highest BCUT2D eigenvalue weighted by molar-refractivity contribution is 14.0. The molecule has 2 aliphatic rings. The number of benzene rings is 1. The van der Waals surface area contributed by atoms with Crippen LogP contribution in [0, 0.1) is 5.92 Å². The summed E-state index contributed by atoms with van der Waals surface area (Å²) in [5.41, 5.74) is 1.19. The Labute approximate surface area is 204 Å². The first kappa shape index (κ1) is 26.2. The summed E-state index contributed by atoms with van der Waals surface area (Å²) in [6, 6.07) is 8.94. The van der Waals surface area contributed by atoms with Gasteiger partial charge in [0, 0.05) is 65.5 Å². The molecule has 0 aromatic heterocycles. The van der Waals surface area contributed by atoms with Crippen LogP contribution >= 0.6 is 24.0 Å². The van der Waals surface area contributed by atoms with Crippen LogP contribution in [0.2, 0.25) is 0 Å². The minimum Gasteiger partial charge on any atom is -0.492 e. The highest BCUT2D eigenvalue weighted by atomic mass is 127. The maximum absolute atomic E-state index is 6.03. The molecule has 1 atom stereocenters. The predicted molar refractivity (Wildman–Crippen MR) is 136 cm³/mol. The van der Waals surface area contributed by atoms with E-state index in [-0.39, 0.29) is 24.0 Å². The number of nitrogens with zero attached hydrogens (tertiary/aromatic N) is 3. The summed E-state index contributed by atoms with van der Waals surface area (Å²) in [5.74, 6) is 2.47. The van der Waals surface area contributed by atoms with Crippen LogP contribution < -0.4 is 10.1 Å². The van der Waals surface area contributed by atoms with Crippen molar-refractivity contribution in [1.29, 1.82) is 0 Å². The molecule has 31 heavy (non-hydrogen) atoms. The Kier molecular flexibility index (Phi) is 11.9. The van der Waals surface area contributed by atoms with Gasteiger partial charge in [-0.1, -0.05) is 12.1 Å². The van der Waals surface area contributed by atoms with E-state index in [1.165, 1.54) is 5.56 Å². The van der Waals surface area contributed by atoms with E-state index in [0.29, 0.717) is 18.6 Å². The Hall–Kier alpha value is -1.10. The van der Waals surface area contributed by atoms with Crippen LogP contribution in [0.1, 0.15) is 24.8 Å². The van der Waals surface area contributed by atoms with Gasteiger partial charge in [0.25, 0.3) is 0 Å². The van der Waals surface area contributed by atoms with E-state index in [4.69, 9.17) is 14.2 Å². The number of methoxy groups -OCH3 is 1. The zero-order valence-electron chi connectivity index (χ0n) is 19.2. The van der Waals surface area contributed by atoms with E-state index in [1.807, 2.05) is 13.1 Å². The molecule has 0 amide bonds. The van der Waals surface area contributed by atoms with Crippen LogP contribution in [0.15, 0.2) is 29.3 Å². The van der Waals surface area contributed by atoms with Crippen molar-refractivity contribution >= 4 is 29.9 Å². The summed E-state index contributed by atoms with van der Waals surface area (Å²) in [5, 5.41) is 3.49. The standard InChI is InChI=1S/C23H38N4O3.HI/c1-24-23(27-10-7-20(17-27)18-28-3)25-16-19-5-4-6-22(15-19)30-14-11-26(2)21-8-12-29-13-9-21;/h4-6,15,20-21H,7-14,16-18H2,1-3H3,(H,24,25);1H. The molecule has 1 aromatic rings. The fourth-order valence-electron chi connectivity index (χ4n) is 4.27. The van der Waals surface area contributed by atoms with Crippen molar-refractivity contribution < 1.29 is 14.2 Å². The minimum atomic E-state index is 0. The number of ether oxygens (including phenoxy) is 3. The molecule has 1 N–H and O–H groups in total. The number of hydrogen-bond donors (Lipinski definition) is 1. The molecule has 0 spiro atoms. The van der Waals surface area contributed by atoms with Crippen molar-refractivity contribution in [3.05, 3.63) is 29.8 Å². The summed E-state index contributed by atoms with van der Waals surface area (Å²) >= 11 is 0. The molecule has 0 radical (unpaired) electrons. The van der Waals surface area contributed by atoms with Gasteiger partial charge in [-0.05, 0) is 44.0 Å². The number of rotatable bonds is 9. The first-order valence-corrected chi connectivity index (χ1v) is 11.1. The molecule has 1 aromatic carbocycles. The molecular weight excluding hydrogens is 507 g/mol. The van der Waals surface area contributed by atoms with Gasteiger partial charge in [-0.25, -0.2) is 0 Å². The first-order chi connectivity index (χ1) is 14.7. The lowest BCUT2D eigenvalue weighted by atomic mass is 10.1. The molecule has 176 valence electrons.